The summed E-state index contributed by atoms with van der Waals surface area (Å²) in [6.07, 6.45) is 0. The maximum Gasteiger partial charge on any atom is 0.129 e. The van der Waals surface area contributed by atoms with Gasteiger partial charge in [-0.05, 0) is 30.3 Å². The van der Waals surface area contributed by atoms with Gasteiger partial charge in [0.15, 0.2) is 0 Å². The van der Waals surface area contributed by atoms with E-state index in [2.05, 4.69) is 4.98 Å². The van der Waals surface area contributed by atoms with Gasteiger partial charge in [-0.25, -0.2) is 4.98 Å². The summed E-state index contributed by atoms with van der Waals surface area (Å²) in [6, 6.07) is 10.8. The topological polar surface area (TPSA) is 17.8 Å². The minimum Gasteiger partial charge on any atom is -0.294 e. The lowest BCUT2D eigenvalue weighted by Crippen LogP contribution is -1.99. The Kier molecular flexibility index (Phi) is 3.83. The Hall–Kier alpha value is -0.930. The number of aromatic nitrogens is 2. The number of fused-ring (bicyclic) bond motifs is 1. The summed E-state index contributed by atoms with van der Waals surface area (Å²) in [7, 11) is 0. The molecule has 3 aromatic rings. The highest BCUT2D eigenvalue weighted by molar-refractivity contribution is 6.35. The quantitative estimate of drug-likeness (QED) is 0.543. The van der Waals surface area contributed by atoms with Crippen LogP contribution in [-0.4, -0.2) is 9.55 Å². The van der Waals surface area contributed by atoms with Crippen molar-refractivity contribution >= 4 is 57.4 Å². The molecular formula is C14H8Cl4N2. The van der Waals surface area contributed by atoms with Crippen LogP contribution < -0.4 is 0 Å². The lowest BCUT2D eigenvalue weighted by molar-refractivity contribution is 0.982. The number of benzene rings is 2. The lowest BCUT2D eigenvalue weighted by atomic mass is 10.2. The van der Waals surface area contributed by atoms with Gasteiger partial charge in [0, 0.05) is 10.0 Å². The number of nitrogens with zero attached hydrogens (tertiary/aromatic N) is 2. The van der Waals surface area contributed by atoms with Crippen LogP contribution in [0, 0.1) is 0 Å². The molecule has 6 heteroatoms. The molecule has 0 amide bonds. The van der Waals surface area contributed by atoms with Crippen molar-refractivity contribution in [1.82, 2.24) is 9.55 Å². The van der Waals surface area contributed by atoms with E-state index in [0.717, 1.165) is 16.7 Å². The second-order valence-electron chi connectivity index (χ2n) is 4.23. The van der Waals surface area contributed by atoms with E-state index in [4.69, 9.17) is 46.4 Å². The second kappa shape index (κ2) is 5.45. The van der Waals surface area contributed by atoms with Crippen LogP contribution in [0.2, 0.25) is 15.1 Å². The summed E-state index contributed by atoms with van der Waals surface area (Å²) in [6.45, 7) is 0. The molecule has 102 valence electrons. The van der Waals surface area contributed by atoms with Gasteiger partial charge in [-0.3, -0.25) is 4.57 Å². The van der Waals surface area contributed by atoms with Gasteiger partial charge in [0.2, 0.25) is 0 Å². The maximum absolute atomic E-state index is 6.29. The van der Waals surface area contributed by atoms with Crippen LogP contribution in [0.3, 0.4) is 0 Å². The first-order valence-corrected chi connectivity index (χ1v) is 7.45. The molecule has 0 saturated heterocycles. The molecule has 0 saturated carbocycles. The normalized spacial score (nSPS) is 11.2. The molecule has 0 aliphatic heterocycles. The molecule has 0 fully saturated rings. The van der Waals surface area contributed by atoms with Gasteiger partial charge < -0.3 is 0 Å². The molecule has 0 radical (unpaired) electrons. The lowest BCUT2D eigenvalue weighted by Gasteiger charge is -2.09. The first-order chi connectivity index (χ1) is 9.60. The number of para-hydroxylation sites is 1. The maximum atomic E-state index is 6.29. The Morgan fingerprint density at radius 3 is 2.35 bits per heavy atom. The Labute approximate surface area is 135 Å². The zero-order valence-electron chi connectivity index (χ0n) is 10.1. The van der Waals surface area contributed by atoms with E-state index >= 15 is 0 Å². The summed E-state index contributed by atoms with van der Waals surface area (Å²) < 4.78 is 1.88. The van der Waals surface area contributed by atoms with E-state index in [-0.39, 0.29) is 5.88 Å². The fourth-order valence-electron chi connectivity index (χ4n) is 2.17. The number of halogens is 4. The summed E-state index contributed by atoms with van der Waals surface area (Å²) >= 11 is 24.4. The van der Waals surface area contributed by atoms with Crippen LogP contribution >= 0.6 is 46.4 Å². The van der Waals surface area contributed by atoms with Gasteiger partial charge in [0.25, 0.3) is 0 Å². The van der Waals surface area contributed by atoms with Crippen molar-refractivity contribution in [2.75, 3.05) is 0 Å². The third kappa shape index (κ3) is 2.38. The first kappa shape index (κ1) is 14.0. The molecule has 0 spiro atoms. The molecule has 0 N–H and O–H groups in total. The average Bonchev–Trinajstić information content (AvgIpc) is 2.77. The van der Waals surface area contributed by atoms with Crippen molar-refractivity contribution in [3.63, 3.8) is 0 Å². The molecule has 2 nitrogen and oxygen atoms in total. The average molecular weight is 346 g/mol. The highest BCUT2D eigenvalue weighted by Crippen LogP contribution is 2.31. The smallest absolute Gasteiger partial charge is 0.129 e. The minimum absolute atomic E-state index is 0.259. The van der Waals surface area contributed by atoms with Crippen molar-refractivity contribution in [1.29, 1.82) is 0 Å². The molecule has 0 aliphatic rings. The Bertz CT molecular complexity index is 775. The summed E-state index contributed by atoms with van der Waals surface area (Å²) in [4.78, 5) is 4.49. The third-order valence-corrected chi connectivity index (χ3v) is 3.90. The predicted molar refractivity (Wildman–Crippen MR) is 85.7 cm³/mol. The van der Waals surface area contributed by atoms with Crippen molar-refractivity contribution < 1.29 is 0 Å². The molecule has 0 atom stereocenters. The van der Waals surface area contributed by atoms with Crippen LogP contribution in [-0.2, 0) is 5.88 Å². The zero-order chi connectivity index (χ0) is 14.3. The number of alkyl halides is 1. The molecule has 0 aliphatic carbocycles. The highest BCUT2D eigenvalue weighted by Gasteiger charge is 2.15. The molecule has 2 aromatic carbocycles. The van der Waals surface area contributed by atoms with Crippen molar-refractivity contribution in [2.45, 2.75) is 5.88 Å². The van der Waals surface area contributed by atoms with E-state index in [0.29, 0.717) is 20.9 Å². The van der Waals surface area contributed by atoms with Gasteiger partial charge >= 0.3 is 0 Å². The fraction of sp³-hybridized carbons (Fsp3) is 0.0714. The van der Waals surface area contributed by atoms with Crippen LogP contribution in [0.1, 0.15) is 5.82 Å². The Morgan fingerprint density at radius 1 is 1.00 bits per heavy atom. The van der Waals surface area contributed by atoms with Gasteiger partial charge in [-0.1, -0.05) is 40.9 Å². The number of hydrogen-bond donors (Lipinski definition) is 0. The van der Waals surface area contributed by atoms with Crippen LogP contribution in [0.25, 0.3) is 16.7 Å². The Balaban J connectivity index is 2.39. The molecule has 1 heterocycles. The number of hydrogen-bond acceptors (Lipinski definition) is 1. The van der Waals surface area contributed by atoms with E-state index < -0.39 is 0 Å². The van der Waals surface area contributed by atoms with Gasteiger partial charge in [-0.2, -0.15) is 0 Å². The number of imidazole rings is 1. The third-order valence-electron chi connectivity index (χ3n) is 2.92. The van der Waals surface area contributed by atoms with Crippen LogP contribution in [0.15, 0.2) is 36.4 Å². The Morgan fingerprint density at radius 2 is 1.70 bits per heavy atom. The minimum atomic E-state index is 0.259. The fourth-order valence-corrected chi connectivity index (χ4v) is 3.12. The van der Waals surface area contributed by atoms with E-state index in [1.807, 2.05) is 22.8 Å². The van der Waals surface area contributed by atoms with E-state index in [1.165, 1.54) is 0 Å². The van der Waals surface area contributed by atoms with Gasteiger partial charge in [-0.15, -0.1) is 11.6 Å². The first-order valence-electron chi connectivity index (χ1n) is 5.78. The van der Waals surface area contributed by atoms with Crippen LogP contribution in [0.4, 0.5) is 0 Å². The summed E-state index contributed by atoms with van der Waals surface area (Å²) in [5.74, 6) is 0.947. The largest absolute Gasteiger partial charge is 0.294 e. The molecular weight excluding hydrogens is 338 g/mol. The van der Waals surface area contributed by atoms with E-state index in [9.17, 15) is 0 Å². The predicted octanol–water partition coefficient (Wildman–Crippen LogP) is 5.72. The monoisotopic (exact) mass is 344 g/mol. The van der Waals surface area contributed by atoms with Crippen molar-refractivity contribution in [3.8, 4) is 5.69 Å². The number of rotatable bonds is 2. The summed E-state index contributed by atoms with van der Waals surface area (Å²) in [5.41, 5.74) is 2.36. The molecule has 3 rings (SSSR count). The zero-order valence-corrected chi connectivity index (χ0v) is 13.1. The second-order valence-corrected chi connectivity index (χ2v) is 5.78. The van der Waals surface area contributed by atoms with Gasteiger partial charge in [0.1, 0.15) is 5.82 Å². The summed E-state index contributed by atoms with van der Waals surface area (Å²) in [5, 5.41) is 1.69. The molecule has 1 aromatic heterocycles. The van der Waals surface area contributed by atoms with Crippen LogP contribution in [0.5, 0.6) is 0 Å². The molecule has 20 heavy (non-hydrogen) atoms. The van der Waals surface area contributed by atoms with Crippen molar-refractivity contribution in [2.24, 2.45) is 0 Å². The standard InChI is InChI=1S/C14H8Cl4N2/c15-7-13-19-12-3-1-2-11(18)14(12)20(13)10-5-8(16)4-9(17)6-10/h1-6H,7H2. The SMILES string of the molecule is ClCc1nc2cccc(Cl)c2n1-c1cc(Cl)cc(Cl)c1. The highest BCUT2D eigenvalue weighted by atomic mass is 35.5. The van der Waals surface area contributed by atoms with E-state index in [1.54, 1.807) is 18.2 Å². The molecule has 0 bridgehead atoms. The van der Waals surface area contributed by atoms with Gasteiger partial charge in [0.05, 0.1) is 27.6 Å². The van der Waals surface area contributed by atoms with Crippen molar-refractivity contribution in [3.05, 3.63) is 57.3 Å². The molecule has 0 unspecified atom stereocenters.